The van der Waals surface area contributed by atoms with E-state index in [0.717, 1.165) is 5.56 Å². The molecule has 1 atom stereocenters. The number of amides is 1. The lowest BCUT2D eigenvalue weighted by Crippen LogP contribution is -2.27. The molecule has 6 nitrogen and oxygen atoms in total. The van der Waals surface area contributed by atoms with Gasteiger partial charge in [-0.2, -0.15) is 0 Å². The number of carboxylic acids is 1. The quantitative estimate of drug-likeness (QED) is 0.893. The fraction of sp³-hybridized carbons (Fsp3) is 0.400. The first kappa shape index (κ1) is 16.4. The van der Waals surface area contributed by atoms with Gasteiger partial charge in [0.2, 0.25) is 0 Å². The molecule has 1 amide bonds. The van der Waals surface area contributed by atoms with Crippen LogP contribution in [0.25, 0.3) is 0 Å². The predicted molar refractivity (Wildman–Crippen MR) is 86.7 cm³/mol. The summed E-state index contributed by atoms with van der Waals surface area (Å²) in [5.41, 5.74) is 0.790. The van der Waals surface area contributed by atoms with Gasteiger partial charge in [0.15, 0.2) is 6.04 Å². The molecule has 0 aliphatic carbocycles. The number of thioether (sulfide) groups is 1. The fourth-order valence-electron chi connectivity index (χ4n) is 1.81. The van der Waals surface area contributed by atoms with Crippen molar-refractivity contribution in [2.75, 3.05) is 11.1 Å². The Kier molecular flexibility index (Phi) is 4.75. The molecule has 22 heavy (non-hydrogen) atoms. The van der Waals surface area contributed by atoms with Crippen LogP contribution >= 0.6 is 11.8 Å². The van der Waals surface area contributed by atoms with Crippen LogP contribution in [-0.2, 0) is 9.53 Å². The number of nitrogens with one attached hydrogen (secondary N) is 1. The minimum Gasteiger partial charge on any atom is -0.480 e. The monoisotopic (exact) mass is 322 g/mol. The van der Waals surface area contributed by atoms with Crippen molar-refractivity contribution >= 4 is 34.6 Å². The summed E-state index contributed by atoms with van der Waals surface area (Å²) in [6.07, 6.45) is -0.533. The Bertz CT molecular complexity index is 622. The zero-order valence-corrected chi connectivity index (χ0v) is 13.4. The van der Waals surface area contributed by atoms with Gasteiger partial charge in [-0.1, -0.05) is 12.1 Å². The van der Waals surface area contributed by atoms with Gasteiger partial charge in [-0.05, 0) is 32.9 Å². The number of nitrogens with zero attached hydrogens (tertiary/aromatic N) is 1. The first-order valence-electron chi connectivity index (χ1n) is 6.78. The molecule has 0 bridgehead atoms. The van der Waals surface area contributed by atoms with Crippen LogP contribution in [0.1, 0.15) is 26.3 Å². The molecule has 1 aliphatic rings. The van der Waals surface area contributed by atoms with E-state index in [-0.39, 0.29) is 0 Å². The number of hydrogen-bond donors (Lipinski definition) is 2. The lowest BCUT2D eigenvalue weighted by molar-refractivity contribution is -0.137. The summed E-state index contributed by atoms with van der Waals surface area (Å²) in [6.45, 7) is 5.37. The number of carboxylic acid groups (broad SMARTS) is 1. The van der Waals surface area contributed by atoms with Gasteiger partial charge >= 0.3 is 12.1 Å². The zero-order chi connectivity index (χ0) is 16.3. The second kappa shape index (κ2) is 6.39. The van der Waals surface area contributed by atoms with E-state index in [9.17, 15) is 9.59 Å². The lowest BCUT2D eigenvalue weighted by atomic mass is 10.2. The largest absolute Gasteiger partial charge is 0.480 e. The van der Waals surface area contributed by atoms with E-state index in [4.69, 9.17) is 9.84 Å². The third-order valence-electron chi connectivity index (χ3n) is 2.69. The molecule has 1 aliphatic heterocycles. The Balaban J connectivity index is 2.09. The summed E-state index contributed by atoms with van der Waals surface area (Å²) in [5.74, 6) is -0.500. The SMILES string of the molecule is CC(C)(C)OC(=O)Nc1cccc(C2=NC(C(=O)O)CS2)c1. The Morgan fingerprint density at radius 1 is 1.41 bits per heavy atom. The summed E-state index contributed by atoms with van der Waals surface area (Å²) >= 11 is 1.39. The Morgan fingerprint density at radius 2 is 2.14 bits per heavy atom. The summed E-state index contributed by atoms with van der Waals surface area (Å²) in [4.78, 5) is 26.9. The van der Waals surface area contributed by atoms with Crippen molar-refractivity contribution in [3.63, 3.8) is 0 Å². The molecule has 0 saturated heterocycles. The number of anilines is 1. The maximum absolute atomic E-state index is 11.8. The average Bonchev–Trinajstić information content (AvgIpc) is 2.86. The van der Waals surface area contributed by atoms with Crippen LogP contribution in [0.3, 0.4) is 0 Å². The molecule has 2 rings (SSSR count). The van der Waals surface area contributed by atoms with Crippen LogP contribution in [-0.4, -0.2) is 39.6 Å². The average molecular weight is 322 g/mol. The smallest absolute Gasteiger partial charge is 0.412 e. The summed E-state index contributed by atoms with van der Waals surface area (Å²) < 4.78 is 5.19. The number of aliphatic imine (C=N–C) groups is 1. The van der Waals surface area contributed by atoms with Gasteiger partial charge in [-0.15, -0.1) is 11.8 Å². The zero-order valence-electron chi connectivity index (χ0n) is 12.6. The molecular formula is C15H18N2O4S. The van der Waals surface area contributed by atoms with Crippen LogP contribution < -0.4 is 5.32 Å². The van der Waals surface area contributed by atoms with Gasteiger partial charge < -0.3 is 9.84 Å². The van der Waals surface area contributed by atoms with Crippen molar-refractivity contribution in [1.29, 1.82) is 0 Å². The maximum atomic E-state index is 11.8. The van der Waals surface area contributed by atoms with Crippen LogP contribution in [0.4, 0.5) is 10.5 Å². The van der Waals surface area contributed by atoms with Gasteiger partial charge in [0, 0.05) is 17.0 Å². The molecule has 0 fully saturated rings. The number of benzene rings is 1. The highest BCUT2D eigenvalue weighted by atomic mass is 32.2. The topological polar surface area (TPSA) is 88.0 Å². The molecule has 0 spiro atoms. The third kappa shape index (κ3) is 4.49. The number of carbonyl (C=O) groups excluding carboxylic acids is 1. The van der Waals surface area contributed by atoms with Crippen LogP contribution in [0, 0.1) is 0 Å². The van der Waals surface area contributed by atoms with Crippen molar-refractivity contribution in [3.8, 4) is 0 Å². The minimum absolute atomic E-state index is 0.425. The van der Waals surface area contributed by atoms with Crippen LogP contribution in [0.2, 0.25) is 0 Å². The molecule has 1 unspecified atom stereocenters. The molecule has 1 aromatic carbocycles. The first-order chi connectivity index (χ1) is 10.2. The highest BCUT2D eigenvalue weighted by Crippen LogP contribution is 2.25. The number of aliphatic carboxylic acids is 1. The van der Waals surface area contributed by atoms with Gasteiger partial charge in [0.25, 0.3) is 0 Å². The van der Waals surface area contributed by atoms with E-state index in [1.54, 1.807) is 39.0 Å². The van der Waals surface area contributed by atoms with E-state index in [1.165, 1.54) is 11.8 Å². The summed E-state index contributed by atoms with van der Waals surface area (Å²) in [5, 5.41) is 12.3. The van der Waals surface area contributed by atoms with Crippen molar-refractivity contribution in [1.82, 2.24) is 0 Å². The highest BCUT2D eigenvalue weighted by molar-refractivity contribution is 8.14. The van der Waals surface area contributed by atoms with E-state index in [0.29, 0.717) is 16.5 Å². The first-order valence-corrected chi connectivity index (χ1v) is 7.77. The maximum Gasteiger partial charge on any atom is 0.412 e. The normalized spacial score (nSPS) is 17.8. The molecular weight excluding hydrogens is 304 g/mol. The number of ether oxygens (including phenoxy) is 1. The molecule has 1 aromatic rings. The molecule has 0 aromatic heterocycles. The molecule has 0 radical (unpaired) electrons. The Labute approximate surface area is 133 Å². The molecule has 1 heterocycles. The van der Waals surface area contributed by atoms with Gasteiger partial charge in [0.05, 0.1) is 5.04 Å². The third-order valence-corrected chi connectivity index (χ3v) is 3.79. The Morgan fingerprint density at radius 3 is 2.73 bits per heavy atom. The van der Waals surface area contributed by atoms with Gasteiger partial charge in [-0.3, -0.25) is 10.3 Å². The highest BCUT2D eigenvalue weighted by Gasteiger charge is 2.25. The van der Waals surface area contributed by atoms with E-state index in [1.807, 2.05) is 6.07 Å². The van der Waals surface area contributed by atoms with E-state index < -0.39 is 23.7 Å². The summed E-state index contributed by atoms with van der Waals surface area (Å²) in [6, 6.07) is 6.39. The molecule has 7 heteroatoms. The van der Waals surface area contributed by atoms with E-state index >= 15 is 0 Å². The molecule has 0 saturated carbocycles. The standard InChI is InChI=1S/C15H18N2O4S/c1-15(2,3)21-14(20)16-10-6-4-5-9(7-10)12-17-11(8-22-12)13(18)19/h4-7,11H,8H2,1-3H3,(H,16,20)(H,18,19). The number of rotatable bonds is 3. The number of carbonyl (C=O) groups is 2. The second-order valence-electron chi connectivity index (χ2n) is 5.81. The summed E-state index contributed by atoms with van der Waals surface area (Å²) in [7, 11) is 0. The van der Waals surface area contributed by atoms with Crippen LogP contribution in [0.5, 0.6) is 0 Å². The second-order valence-corrected chi connectivity index (χ2v) is 6.82. The van der Waals surface area contributed by atoms with E-state index in [2.05, 4.69) is 10.3 Å². The van der Waals surface area contributed by atoms with Crippen molar-refractivity contribution in [3.05, 3.63) is 29.8 Å². The molecule has 118 valence electrons. The lowest BCUT2D eigenvalue weighted by Gasteiger charge is -2.19. The number of hydrogen-bond acceptors (Lipinski definition) is 5. The molecule has 2 N–H and O–H groups in total. The predicted octanol–water partition coefficient (Wildman–Crippen LogP) is 2.98. The van der Waals surface area contributed by atoms with Crippen molar-refractivity contribution < 1.29 is 19.4 Å². The fourth-order valence-corrected chi connectivity index (χ4v) is 2.84. The minimum atomic E-state index is -0.925. The van der Waals surface area contributed by atoms with Gasteiger partial charge in [-0.25, -0.2) is 9.59 Å². The van der Waals surface area contributed by atoms with Crippen molar-refractivity contribution in [2.24, 2.45) is 4.99 Å². The Hall–Kier alpha value is -2.02. The van der Waals surface area contributed by atoms with Crippen LogP contribution in [0.15, 0.2) is 29.3 Å². The van der Waals surface area contributed by atoms with Gasteiger partial charge in [0.1, 0.15) is 5.60 Å². The van der Waals surface area contributed by atoms with Crippen molar-refractivity contribution in [2.45, 2.75) is 32.4 Å².